The Bertz CT molecular complexity index is 2860. The van der Waals surface area contributed by atoms with Crippen LogP contribution >= 0.6 is 0 Å². The number of azo groups is 2. The minimum absolute atomic E-state index is 0.0275. The molecular formula is C43H50F6N12O10S2. The van der Waals surface area contributed by atoms with Crippen molar-refractivity contribution in [1.29, 1.82) is 0 Å². The van der Waals surface area contributed by atoms with E-state index in [0.29, 0.717) is 61.8 Å². The average Bonchev–Trinajstić information content (AvgIpc) is 3.32. The number of aromatic nitrogens is 3. The van der Waals surface area contributed by atoms with Gasteiger partial charge in [-0.2, -0.15) is 58.1 Å². The highest BCUT2D eigenvalue weighted by Crippen LogP contribution is 2.44. The fourth-order valence-electron chi connectivity index (χ4n) is 7.02. The van der Waals surface area contributed by atoms with E-state index in [-0.39, 0.29) is 77.3 Å². The summed E-state index contributed by atoms with van der Waals surface area (Å²) in [4.78, 5) is 16.3. The van der Waals surface area contributed by atoms with Crippen LogP contribution < -0.4 is 34.8 Å². The number of hydrogen-bond acceptors (Lipinski definition) is 20. The zero-order chi connectivity index (χ0) is 54.1. The molecule has 0 spiro atoms. The number of alkyl halides is 6. The first kappa shape index (κ1) is 56.9. The number of benzene rings is 4. The Balaban J connectivity index is 1.76. The van der Waals surface area contributed by atoms with Gasteiger partial charge in [-0.1, -0.05) is 0 Å². The summed E-state index contributed by atoms with van der Waals surface area (Å²) in [5.74, 6) is -0.290. The van der Waals surface area contributed by atoms with E-state index < -0.39 is 78.1 Å². The molecular weight excluding hydrogens is 1020 g/mol. The molecule has 0 aliphatic rings. The molecule has 0 radical (unpaired) electrons. The Morgan fingerprint density at radius 1 is 0.548 bits per heavy atom. The normalized spacial score (nSPS) is 12.4. The fourth-order valence-corrected chi connectivity index (χ4v) is 8.32. The number of aliphatic hydroxyl groups excluding tert-OH is 2. The van der Waals surface area contributed by atoms with E-state index in [1.54, 1.807) is 0 Å². The van der Waals surface area contributed by atoms with E-state index in [2.05, 4.69) is 46.0 Å². The van der Waals surface area contributed by atoms with Crippen LogP contribution in [0.3, 0.4) is 0 Å². The molecule has 73 heavy (non-hydrogen) atoms. The Labute approximate surface area is 414 Å². The second-order valence-electron chi connectivity index (χ2n) is 15.1. The van der Waals surface area contributed by atoms with Crippen LogP contribution in [0.1, 0.15) is 38.8 Å². The van der Waals surface area contributed by atoms with Gasteiger partial charge in [0.2, 0.25) is 17.8 Å². The predicted octanol–water partition coefficient (Wildman–Crippen LogP) is 9.22. The molecule has 0 saturated heterocycles. The Hall–Kier alpha value is -6.99. The van der Waals surface area contributed by atoms with E-state index >= 15 is 0 Å². The third kappa shape index (κ3) is 14.2. The molecule has 0 saturated carbocycles. The topological polar surface area (TPSA) is 290 Å². The standard InChI is InChI=1S/C43H50F6N12O10S2/c1-7-59(8-2)33-21-29(31(23-35(33)70-5)57-55-27-13-11-25(42(44,45)46)19-37(27)72(64,65)66)50-39-52-40(54-41(53-39)61(15-17-62)16-18-63)51-30-22-34(60(9-3)10-4)36(71-6)24-32(30)58-56-28-14-12-26(43(47,48)49)20-38(28)73(67,68)69/h11-14,19-24,62-63H,7-10,15-18H2,1-6H3,(H,64,65,66)(H,67,68,69)(H2,50,51,52,53,54). The number of aliphatic hydroxyl groups is 2. The summed E-state index contributed by atoms with van der Waals surface area (Å²) >= 11 is 0. The number of methoxy groups -OCH3 is 2. The third-order valence-corrected chi connectivity index (χ3v) is 12.4. The van der Waals surface area contributed by atoms with Gasteiger partial charge in [-0.05, 0) is 76.2 Å². The molecule has 0 amide bonds. The number of rotatable bonds is 23. The number of nitrogens with zero attached hydrogens (tertiary/aromatic N) is 10. The lowest BCUT2D eigenvalue weighted by atomic mass is 10.2. The van der Waals surface area contributed by atoms with Crippen molar-refractivity contribution < 1.29 is 72.0 Å². The quantitative estimate of drug-likeness (QED) is 0.0202. The van der Waals surface area contributed by atoms with Crippen molar-refractivity contribution in [3.05, 3.63) is 71.8 Å². The van der Waals surface area contributed by atoms with Gasteiger partial charge < -0.3 is 45.0 Å². The van der Waals surface area contributed by atoms with Crippen LogP contribution in [0.25, 0.3) is 0 Å². The number of anilines is 7. The number of nitrogens with one attached hydrogen (secondary N) is 2. The van der Waals surface area contributed by atoms with Crippen molar-refractivity contribution in [3.8, 4) is 11.5 Å². The highest BCUT2D eigenvalue weighted by molar-refractivity contribution is 7.86. The summed E-state index contributed by atoms with van der Waals surface area (Å²) in [6, 6.07) is 8.70. The van der Waals surface area contributed by atoms with Gasteiger partial charge in [0, 0.05) is 51.4 Å². The number of halogens is 6. The Morgan fingerprint density at radius 2 is 0.904 bits per heavy atom. The fraction of sp³-hybridized carbons (Fsp3) is 0.372. The first-order valence-corrected chi connectivity index (χ1v) is 24.6. The number of hydrogen-bond donors (Lipinski definition) is 6. The molecule has 5 rings (SSSR count). The summed E-state index contributed by atoms with van der Waals surface area (Å²) in [5, 5.41) is 42.1. The molecule has 0 unspecified atom stereocenters. The Morgan fingerprint density at radius 3 is 1.21 bits per heavy atom. The van der Waals surface area contributed by atoms with Crippen LogP contribution in [0.4, 0.5) is 89.7 Å². The highest BCUT2D eigenvalue weighted by atomic mass is 32.2. The number of ether oxygens (including phenoxy) is 2. The monoisotopic (exact) mass is 1070 g/mol. The third-order valence-electron chi connectivity index (χ3n) is 10.6. The molecule has 22 nitrogen and oxygen atoms in total. The predicted molar refractivity (Wildman–Crippen MR) is 257 cm³/mol. The van der Waals surface area contributed by atoms with E-state index in [1.807, 2.05) is 37.5 Å². The first-order valence-electron chi connectivity index (χ1n) is 21.7. The van der Waals surface area contributed by atoms with E-state index in [1.165, 1.54) is 43.4 Å². The van der Waals surface area contributed by atoms with E-state index in [4.69, 9.17) is 9.47 Å². The lowest BCUT2D eigenvalue weighted by Crippen LogP contribution is -2.31. The summed E-state index contributed by atoms with van der Waals surface area (Å²) in [7, 11) is -7.87. The maximum absolute atomic E-state index is 13.6. The van der Waals surface area contributed by atoms with Crippen LogP contribution in [-0.2, 0) is 32.6 Å². The summed E-state index contributed by atoms with van der Waals surface area (Å²) in [6.45, 7) is 8.06. The van der Waals surface area contributed by atoms with Crippen molar-refractivity contribution in [2.24, 2.45) is 20.5 Å². The van der Waals surface area contributed by atoms with Crippen LogP contribution in [-0.4, -0.2) is 118 Å². The second-order valence-corrected chi connectivity index (χ2v) is 17.9. The summed E-state index contributed by atoms with van der Waals surface area (Å²) < 4.78 is 162. The average molecular weight is 1070 g/mol. The van der Waals surface area contributed by atoms with Crippen molar-refractivity contribution in [2.75, 3.05) is 92.0 Å². The van der Waals surface area contributed by atoms with Crippen molar-refractivity contribution in [1.82, 2.24) is 15.0 Å². The van der Waals surface area contributed by atoms with Crippen LogP contribution in [0.5, 0.6) is 11.5 Å². The SMILES string of the molecule is CCN(CC)c1cc(Nc2nc(Nc3cc(N(CC)CC)c(OC)cc3N=Nc3ccc(C(F)(F)F)cc3S(=O)(=O)O)nc(N(CCO)CCO)n2)c(N=Nc2ccc(C(F)(F)F)cc2S(=O)(=O)O)cc1OC. The smallest absolute Gasteiger partial charge is 0.416 e. The van der Waals surface area contributed by atoms with E-state index in [0.717, 1.165) is 0 Å². The maximum atomic E-state index is 13.6. The Kier molecular flexibility index (Phi) is 18.5. The first-order chi connectivity index (χ1) is 34.3. The molecule has 30 heteroatoms. The van der Waals surface area contributed by atoms with Gasteiger partial charge in [0.15, 0.2) is 0 Å². The highest BCUT2D eigenvalue weighted by Gasteiger charge is 2.34. The molecule has 1 aromatic heterocycles. The summed E-state index contributed by atoms with van der Waals surface area (Å²) in [5.41, 5.74) is -3.40. The van der Waals surface area contributed by atoms with Crippen LogP contribution in [0.15, 0.2) is 90.9 Å². The minimum atomic E-state index is -5.29. The lowest BCUT2D eigenvalue weighted by molar-refractivity contribution is -0.138. The van der Waals surface area contributed by atoms with Crippen molar-refractivity contribution in [3.63, 3.8) is 0 Å². The van der Waals surface area contributed by atoms with Crippen LogP contribution in [0.2, 0.25) is 0 Å². The molecule has 1 heterocycles. The second kappa shape index (κ2) is 23.7. The van der Waals surface area contributed by atoms with Gasteiger partial charge in [0.25, 0.3) is 20.2 Å². The van der Waals surface area contributed by atoms with Crippen molar-refractivity contribution >= 4 is 83.6 Å². The van der Waals surface area contributed by atoms with Crippen LogP contribution in [0, 0.1) is 0 Å². The molecule has 0 aliphatic carbocycles. The van der Waals surface area contributed by atoms with Gasteiger partial charge in [-0.3, -0.25) is 9.11 Å². The van der Waals surface area contributed by atoms with Gasteiger partial charge >= 0.3 is 12.4 Å². The van der Waals surface area contributed by atoms with Gasteiger partial charge in [-0.15, -0.1) is 20.5 Å². The maximum Gasteiger partial charge on any atom is 0.416 e. The molecule has 4 aromatic carbocycles. The summed E-state index contributed by atoms with van der Waals surface area (Å²) in [6.07, 6.45) is -9.97. The molecule has 5 aromatic rings. The van der Waals surface area contributed by atoms with Crippen molar-refractivity contribution in [2.45, 2.75) is 49.8 Å². The molecule has 0 aliphatic heterocycles. The molecule has 6 N–H and O–H groups in total. The zero-order valence-electron chi connectivity index (χ0n) is 39.7. The van der Waals surface area contributed by atoms with Gasteiger partial charge in [0.05, 0.1) is 61.3 Å². The molecule has 396 valence electrons. The van der Waals surface area contributed by atoms with E-state index in [9.17, 15) is 62.5 Å². The van der Waals surface area contributed by atoms with Gasteiger partial charge in [0.1, 0.15) is 44.0 Å². The lowest BCUT2D eigenvalue weighted by Gasteiger charge is -2.25. The zero-order valence-corrected chi connectivity index (χ0v) is 41.4. The minimum Gasteiger partial charge on any atom is -0.494 e. The van der Waals surface area contributed by atoms with Gasteiger partial charge in [-0.25, -0.2) is 0 Å². The molecule has 0 fully saturated rings. The molecule has 0 bridgehead atoms. The largest absolute Gasteiger partial charge is 0.494 e. The molecule has 0 atom stereocenters.